The van der Waals surface area contributed by atoms with E-state index in [1.807, 2.05) is 38.1 Å². The van der Waals surface area contributed by atoms with E-state index in [9.17, 15) is 19.5 Å². The number of hydrogen-bond acceptors (Lipinski definition) is 5. The van der Waals surface area contributed by atoms with Crippen LogP contribution in [0.3, 0.4) is 0 Å². The van der Waals surface area contributed by atoms with Crippen molar-refractivity contribution in [3.05, 3.63) is 65.2 Å². The number of ether oxygens (including phenoxy) is 1. The van der Waals surface area contributed by atoms with Gasteiger partial charge in [-0.25, -0.2) is 4.79 Å². The quantitative estimate of drug-likeness (QED) is 0.339. The van der Waals surface area contributed by atoms with Crippen LogP contribution in [0.5, 0.6) is 5.75 Å². The number of hydrogen-bond donors (Lipinski definition) is 3. The van der Waals surface area contributed by atoms with Gasteiger partial charge in [0.25, 0.3) is 0 Å². The molecule has 0 aliphatic heterocycles. The zero-order chi connectivity index (χ0) is 29.4. The maximum Gasteiger partial charge on any atom is 0.408 e. The summed E-state index contributed by atoms with van der Waals surface area (Å²) in [5, 5.41) is 15.7. The number of carbonyl (C=O) groups is 3. The lowest BCUT2D eigenvalue weighted by Gasteiger charge is -2.44. The Balaban J connectivity index is 2.04. The lowest BCUT2D eigenvalue weighted by molar-refractivity contribution is -0.147. The molecule has 1 aliphatic rings. The third-order valence-corrected chi connectivity index (χ3v) is 7.21. The minimum absolute atomic E-state index is 0.0463. The van der Waals surface area contributed by atoms with Crippen LogP contribution in [0.15, 0.2) is 48.5 Å². The fourth-order valence-corrected chi connectivity index (χ4v) is 5.02. The molecule has 1 fully saturated rings. The third-order valence-electron chi connectivity index (χ3n) is 7.21. The fourth-order valence-electron chi connectivity index (χ4n) is 5.02. The summed E-state index contributed by atoms with van der Waals surface area (Å²) in [4.78, 5) is 43.1. The van der Waals surface area contributed by atoms with E-state index >= 15 is 0 Å². The summed E-state index contributed by atoms with van der Waals surface area (Å²) in [6, 6.07) is 12.2. The molecule has 3 amide bonds. The van der Waals surface area contributed by atoms with Crippen molar-refractivity contribution in [1.29, 1.82) is 0 Å². The van der Waals surface area contributed by atoms with Crippen molar-refractivity contribution in [2.24, 2.45) is 0 Å². The first-order chi connectivity index (χ1) is 18.9. The van der Waals surface area contributed by atoms with Crippen molar-refractivity contribution in [3.63, 3.8) is 0 Å². The summed E-state index contributed by atoms with van der Waals surface area (Å²) in [6.07, 6.45) is 3.76. The van der Waals surface area contributed by atoms with E-state index in [0.717, 1.165) is 48.8 Å². The Bertz CT molecular complexity index is 1150. The number of benzene rings is 2. The average molecular weight is 552 g/mol. The third kappa shape index (κ3) is 8.47. The minimum Gasteiger partial charge on any atom is -0.508 e. The van der Waals surface area contributed by atoms with E-state index in [1.54, 1.807) is 49.9 Å². The Hall–Kier alpha value is -3.55. The predicted octanol–water partition coefficient (Wildman–Crippen LogP) is 5.56. The molecule has 0 spiro atoms. The Morgan fingerprint density at radius 3 is 2.25 bits per heavy atom. The molecule has 0 bridgehead atoms. The first kappa shape index (κ1) is 31.0. The van der Waals surface area contributed by atoms with Crippen LogP contribution in [0.2, 0.25) is 0 Å². The van der Waals surface area contributed by atoms with Crippen LogP contribution in [0.4, 0.5) is 4.79 Å². The van der Waals surface area contributed by atoms with Gasteiger partial charge in [0.1, 0.15) is 23.4 Å². The molecule has 2 aromatic rings. The second-order valence-electron chi connectivity index (χ2n) is 11.9. The van der Waals surface area contributed by atoms with Gasteiger partial charge in [-0.05, 0) is 89.1 Å². The molecule has 8 heteroatoms. The number of rotatable bonds is 11. The van der Waals surface area contributed by atoms with Gasteiger partial charge in [0.15, 0.2) is 0 Å². The Morgan fingerprint density at radius 1 is 1.05 bits per heavy atom. The van der Waals surface area contributed by atoms with Crippen molar-refractivity contribution < 1.29 is 24.2 Å². The van der Waals surface area contributed by atoms with Crippen LogP contribution in [0.25, 0.3) is 0 Å². The van der Waals surface area contributed by atoms with Gasteiger partial charge < -0.3 is 25.4 Å². The van der Waals surface area contributed by atoms with Crippen LogP contribution in [-0.4, -0.2) is 51.6 Å². The summed E-state index contributed by atoms with van der Waals surface area (Å²) in [5.74, 6) is -0.452. The van der Waals surface area contributed by atoms with Crippen LogP contribution >= 0.6 is 0 Å². The van der Waals surface area contributed by atoms with Gasteiger partial charge in [0.2, 0.25) is 11.8 Å². The van der Waals surface area contributed by atoms with Crippen LogP contribution in [0.1, 0.15) is 89.5 Å². The molecular formula is C32H45N3O5. The van der Waals surface area contributed by atoms with Gasteiger partial charge in [-0.15, -0.1) is 0 Å². The molecule has 3 N–H and O–H groups in total. The average Bonchev–Trinajstić information content (AvgIpc) is 2.83. The summed E-state index contributed by atoms with van der Waals surface area (Å²) in [6.45, 7) is 11.3. The van der Waals surface area contributed by atoms with E-state index in [0.29, 0.717) is 0 Å². The van der Waals surface area contributed by atoms with E-state index < -0.39 is 23.8 Å². The Labute approximate surface area is 238 Å². The number of phenolic OH excluding ortho intramolecular Hbond substituents is 1. The summed E-state index contributed by atoms with van der Waals surface area (Å²) >= 11 is 0. The fraction of sp³-hybridized carbons (Fsp3) is 0.531. The Kier molecular flexibility index (Phi) is 10.6. The maximum atomic E-state index is 14.5. The van der Waals surface area contributed by atoms with Gasteiger partial charge >= 0.3 is 6.09 Å². The van der Waals surface area contributed by atoms with Crippen LogP contribution < -0.4 is 10.6 Å². The number of phenols is 1. The summed E-state index contributed by atoms with van der Waals surface area (Å²) in [5.41, 5.74) is 1.69. The van der Waals surface area contributed by atoms with Crippen molar-refractivity contribution >= 4 is 17.9 Å². The van der Waals surface area contributed by atoms with E-state index in [-0.39, 0.29) is 36.1 Å². The number of alkyl carbamates (subject to hydrolysis) is 1. The van der Waals surface area contributed by atoms with Gasteiger partial charge in [-0.2, -0.15) is 0 Å². The molecule has 0 heterocycles. The maximum absolute atomic E-state index is 14.5. The van der Waals surface area contributed by atoms with E-state index in [1.165, 1.54) is 0 Å². The van der Waals surface area contributed by atoms with Gasteiger partial charge in [0.05, 0.1) is 0 Å². The normalized spacial score (nSPS) is 15.8. The highest BCUT2D eigenvalue weighted by Crippen LogP contribution is 2.35. The van der Waals surface area contributed by atoms with Gasteiger partial charge in [-0.1, -0.05) is 49.7 Å². The zero-order valence-electron chi connectivity index (χ0n) is 24.7. The second-order valence-corrected chi connectivity index (χ2v) is 11.9. The molecule has 1 aliphatic carbocycles. The largest absolute Gasteiger partial charge is 0.508 e. The number of aryl methyl sites for hydroxylation is 1. The van der Waals surface area contributed by atoms with Crippen LogP contribution in [0, 0.1) is 6.92 Å². The second kappa shape index (κ2) is 13.7. The van der Waals surface area contributed by atoms with Crippen molar-refractivity contribution in [3.8, 4) is 5.75 Å². The molecule has 0 saturated heterocycles. The van der Waals surface area contributed by atoms with Gasteiger partial charge in [-0.3, -0.25) is 9.59 Å². The molecule has 3 unspecified atom stereocenters. The molecule has 2 aromatic carbocycles. The van der Waals surface area contributed by atoms with E-state index in [2.05, 4.69) is 17.6 Å². The Morgan fingerprint density at radius 2 is 1.70 bits per heavy atom. The standard InChI is InChI=1S/C32H45N3O5/c1-7-11-22(3)33-29(37)28(26-15-9-8-12-21(26)2)35(24-13-10-14-24)30(38)27(34-31(39)40-32(4,5)6)20-23-16-18-25(36)19-17-23/h8-9,12,15-19,22,24,27-28,36H,7,10-11,13-14,20H2,1-6H3,(H,33,37)(H,34,39). The molecule has 40 heavy (non-hydrogen) atoms. The molecular weight excluding hydrogens is 506 g/mol. The topological polar surface area (TPSA) is 108 Å². The lowest BCUT2D eigenvalue weighted by atomic mass is 9.87. The number of aromatic hydroxyl groups is 1. The number of nitrogens with one attached hydrogen (secondary N) is 2. The first-order valence-corrected chi connectivity index (χ1v) is 14.3. The van der Waals surface area contributed by atoms with E-state index in [4.69, 9.17) is 4.74 Å². The molecule has 3 atom stereocenters. The highest BCUT2D eigenvalue weighted by atomic mass is 16.6. The first-order valence-electron chi connectivity index (χ1n) is 14.3. The molecule has 1 saturated carbocycles. The smallest absolute Gasteiger partial charge is 0.408 e. The van der Waals surface area contributed by atoms with Crippen molar-refractivity contribution in [2.45, 2.75) is 110 Å². The highest BCUT2D eigenvalue weighted by Gasteiger charge is 2.42. The van der Waals surface area contributed by atoms with Gasteiger partial charge in [0, 0.05) is 18.5 Å². The molecule has 0 radical (unpaired) electrons. The molecule has 8 nitrogen and oxygen atoms in total. The zero-order valence-corrected chi connectivity index (χ0v) is 24.7. The predicted molar refractivity (Wildman–Crippen MR) is 156 cm³/mol. The molecule has 218 valence electrons. The summed E-state index contributed by atoms with van der Waals surface area (Å²) in [7, 11) is 0. The van der Waals surface area contributed by atoms with Crippen molar-refractivity contribution in [2.75, 3.05) is 0 Å². The minimum atomic E-state index is -0.979. The number of amides is 3. The molecule has 3 rings (SSSR count). The SMILES string of the molecule is CCCC(C)NC(=O)C(c1ccccc1C)N(C(=O)C(Cc1ccc(O)cc1)NC(=O)OC(C)(C)C)C1CCC1. The number of nitrogens with zero attached hydrogens (tertiary/aromatic N) is 1. The monoisotopic (exact) mass is 551 g/mol. The highest BCUT2D eigenvalue weighted by molar-refractivity contribution is 5.93. The van der Waals surface area contributed by atoms with Crippen molar-refractivity contribution in [1.82, 2.24) is 15.5 Å². The lowest BCUT2D eigenvalue weighted by Crippen LogP contribution is -2.58. The number of carbonyl (C=O) groups excluding carboxylic acids is 3. The molecule has 0 aromatic heterocycles. The summed E-state index contributed by atoms with van der Waals surface area (Å²) < 4.78 is 5.51. The van der Waals surface area contributed by atoms with Crippen LogP contribution in [-0.2, 0) is 20.7 Å².